The Hall–Kier alpha value is -3.76. The van der Waals surface area contributed by atoms with Crippen LogP contribution in [0.4, 0.5) is 11.6 Å². The molecule has 0 aliphatic carbocycles. The van der Waals surface area contributed by atoms with Crippen molar-refractivity contribution in [2.75, 3.05) is 51.2 Å². The fourth-order valence-electron chi connectivity index (χ4n) is 7.80. The van der Waals surface area contributed by atoms with Crippen molar-refractivity contribution in [2.24, 2.45) is 0 Å². The number of hydrogen-bond donors (Lipinski definition) is 6. The van der Waals surface area contributed by atoms with Gasteiger partial charge in [-0.05, 0) is 19.4 Å². The summed E-state index contributed by atoms with van der Waals surface area (Å²) in [5.41, 5.74) is 2.21. The van der Waals surface area contributed by atoms with Crippen molar-refractivity contribution in [1.82, 2.24) is 39.0 Å². The van der Waals surface area contributed by atoms with Crippen molar-refractivity contribution >= 4 is 65.3 Å². The molecule has 0 bridgehead atoms. The molecule has 0 saturated carbocycles. The number of fused-ring (bicyclic) bond motifs is 3. The zero-order valence-electron chi connectivity index (χ0n) is 36.1. The van der Waals surface area contributed by atoms with Crippen LogP contribution in [0.25, 0.3) is 22.3 Å². The molecular formula is C34H46N10O19P4. The lowest BCUT2D eigenvalue weighted by atomic mass is 10.1. The van der Waals surface area contributed by atoms with Gasteiger partial charge in [-0.15, -0.1) is 0 Å². The summed E-state index contributed by atoms with van der Waals surface area (Å²) in [6.07, 6.45) is -8.51. The molecule has 1 aromatic carbocycles. The number of rotatable bonds is 18. The summed E-state index contributed by atoms with van der Waals surface area (Å²) >= 11 is 0. The van der Waals surface area contributed by atoms with Crippen LogP contribution in [0.3, 0.4) is 0 Å². The highest BCUT2D eigenvalue weighted by atomic mass is 31.3. The van der Waals surface area contributed by atoms with Gasteiger partial charge in [0.05, 0.1) is 13.2 Å². The van der Waals surface area contributed by atoms with E-state index in [9.17, 15) is 48.0 Å². The molecule has 3 fully saturated rings. The monoisotopic (exact) mass is 1020 g/mol. The SMILES string of the molecule is Cc1nc2c(N(C)C)ncnc2n1[C@@H]1O[C@H](COP(=O)(O)OP(=O)(O)OP(=O)(O)OP(=O)(O)OC[C@H]2O[C@@H](n3c(C)nc4c(N(C)C)ncnc43)C(O)[C@H]2O)C2OC(Cc3ccccc3)OC21. The number of aliphatic hydroxyl groups excluding tert-OH is 2. The van der Waals surface area contributed by atoms with E-state index >= 15 is 0 Å². The fraction of sp³-hybridized carbons (Fsp3) is 0.529. The average Bonchev–Trinajstić information content (AvgIpc) is 4.02. The molecule has 8 unspecified atom stereocenters. The number of aliphatic hydroxyl groups is 2. The molecule has 33 heteroatoms. The lowest BCUT2D eigenvalue weighted by Crippen LogP contribution is -2.33. The summed E-state index contributed by atoms with van der Waals surface area (Å²) in [7, 11) is -16.9. The lowest BCUT2D eigenvalue weighted by molar-refractivity contribution is -0.149. The highest BCUT2D eigenvalue weighted by Crippen LogP contribution is 2.71. The summed E-state index contributed by atoms with van der Waals surface area (Å²) in [5.74, 6) is 1.65. The van der Waals surface area contributed by atoms with Gasteiger partial charge in [-0.1, -0.05) is 30.3 Å². The molecule has 13 atom stereocenters. The normalized spacial score (nSPS) is 28.8. The van der Waals surface area contributed by atoms with Gasteiger partial charge in [-0.3, -0.25) is 18.2 Å². The Bertz CT molecular complexity index is 2820. The van der Waals surface area contributed by atoms with Gasteiger partial charge in [0.25, 0.3) is 0 Å². The van der Waals surface area contributed by atoms with Crippen LogP contribution in [-0.4, -0.2) is 153 Å². The molecule has 29 nitrogen and oxygen atoms in total. The van der Waals surface area contributed by atoms with Crippen LogP contribution in [0, 0.1) is 13.8 Å². The first-order valence-corrected chi connectivity index (χ1v) is 25.9. The van der Waals surface area contributed by atoms with E-state index in [1.54, 1.807) is 56.4 Å². The number of anilines is 2. The first-order valence-electron chi connectivity index (χ1n) is 19.9. The van der Waals surface area contributed by atoms with E-state index in [-0.39, 0.29) is 11.5 Å². The van der Waals surface area contributed by atoms with Crippen molar-refractivity contribution in [3.63, 3.8) is 0 Å². The van der Waals surface area contributed by atoms with E-state index in [2.05, 4.69) is 42.8 Å². The summed E-state index contributed by atoms with van der Waals surface area (Å²) in [5, 5.41) is 21.6. The third kappa shape index (κ3) is 10.6. The van der Waals surface area contributed by atoms with E-state index in [0.717, 1.165) is 5.56 Å². The number of nitrogens with zero attached hydrogens (tertiary/aromatic N) is 10. The molecule has 8 rings (SSSR count). The standard InChI is InChI=1S/C34H46N10O19P4/c1-17-39-23-29(41(3)4)35-15-37-31(23)43(17)33-26(46)25(45)20(57-33)13-55-64(47,48)61-66(51,52)63-67(53,54)62-65(49,50)56-14-21-27-28(60-22(59-27)12-19-10-8-7-9-11-19)34(58-21)44-18(2)40-24-30(42(5)6)36-16-38-32(24)44/h7-11,15-16,20-22,25-28,33-34,45-46H,12-14H2,1-6H3,(H,47,48)(H,49,50)(H,51,52)(H,53,54)/t20-,21-,22?,25+,26?,27?,28?,33-,34-/m1/s1. The predicted octanol–water partition coefficient (Wildman–Crippen LogP) is 1.77. The Kier molecular flexibility index (Phi) is 14.0. The van der Waals surface area contributed by atoms with Crippen LogP contribution in [-0.2, 0) is 65.6 Å². The maximum atomic E-state index is 13.1. The second-order valence-electron chi connectivity index (χ2n) is 15.7. The van der Waals surface area contributed by atoms with Gasteiger partial charge in [0.2, 0.25) is 0 Å². The number of aryl methyl sites for hydroxylation is 2. The average molecular weight is 1020 g/mol. The highest BCUT2D eigenvalue weighted by Gasteiger charge is 2.55. The van der Waals surface area contributed by atoms with Crippen molar-refractivity contribution in [2.45, 2.75) is 75.6 Å². The van der Waals surface area contributed by atoms with Gasteiger partial charge in [0.1, 0.15) is 60.9 Å². The molecule has 366 valence electrons. The smallest absolute Gasteiger partial charge is 0.387 e. The first kappa shape index (κ1) is 49.7. The fourth-order valence-corrected chi connectivity index (χ4v) is 12.8. The molecule has 7 heterocycles. The number of benzene rings is 1. The number of ether oxygens (including phenoxy) is 4. The zero-order chi connectivity index (χ0) is 48.4. The Labute approximate surface area is 379 Å². The van der Waals surface area contributed by atoms with Crippen LogP contribution in [0.15, 0.2) is 43.0 Å². The maximum absolute atomic E-state index is 13.1. The highest BCUT2D eigenvalue weighted by molar-refractivity contribution is 7.69. The van der Waals surface area contributed by atoms with Gasteiger partial charge in [0.15, 0.2) is 52.7 Å². The number of aromatic nitrogens is 8. The van der Waals surface area contributed by atoms with Crippen LogP contribution in [0.2, 0.25) is 0 Å². The maximum Gasteiger partial charge on any atom is 0.490 e. The third-order valence-electron chi connectivity index (χ3n) is 10.5. The van der Waals surface area contributed by atoms with Crippen molar-refractivity contribution < 1.29 is 89.0 Å². The minimum atomic E-state index is -6.20. The van der Waals surface area contributed by atoms with E-state index < -0.39 is 99.9 Å². The summed E-state index contributed by atoms with van der Waals surface area (Å²) < 4.78 is 101. The van der Waals surface area contributed by atoms with Crippen LogP contribution in [0.1, 0.15) is 29.7 Å². The molecule has 5 aromatic rings. The Morgan fingerprint density at radius 1 is 0.612 bits per heavy atom. The van der Waals surface area contributed by atoms with Gasteiger partial charge in [0, 0.05) is 34.6 Å². The summed E-state index contributed by atoms with van der Waals surface area (Å²) in [6.45, 7) is 1.31. The van der Waals surface area contributed by atoms with Gasteiger partial charge in [-0.2, -0.15) is 12.9 Å². The van der Waals surface area contributed by atoms with Crippen molar-refractivity contribution in [3.8, 4) is 0 Å². The number of hydrogen-bond acceptors (Lipinski definition) is 23. The van der Waals surface area contributed by atoms with E-state index in [1.165, 1.54) is 17.2 Å². The molecule has 6 N–H and O–H groups in total. The molecule has 0 radical (unpaired) electrons. The van der Waals surface area contributed by atoms with Crippen molar-refractivity contribution in [1.29, 1.82) is 0 Å². The second kappa shape index (κ2) is 18.9. The molecule has 3 aliphatic rings. The minimum Gasteiger partial charge on any atom is -0.387 e. The minimum absolute atomic E-state index is 0.209. The topological polar surface area (TPSA) is 366 Å². The molecule has 3 aliphatic heterocycles. The Morgan fingerprint density at radius 3 is 1.60 bits per heavy atom. The van der Waals surface area contributed by atoms with Gasteiger partial charge in [-0.25, -0.2) is 48.2 Å². The van der Waals surface area contributed by atoms with Crippen molar-refractivity contribution in [3.05, 3.63) is 60.2 Å². The van der Waals surface area contributed by atoms with Gasteiger partial charge >= 0.3 is 31.3 Å². The van der Waals surface area contributed by atoms with Crippen LogP contribution >= 0.6 is 31.3 Å². The zero-order valence-corrected chi connectivity index (χ0v) is 39.7. The largest absolute Gasteiger partial charge is 0.490 e. The molecule has 67 heavy (non-hydrogen) atoms. The number of phosphoric acid groups is 4. The number of phosphoric ester groups is 2. The van der Waals surface area contributed by atoms with E-state index in [1.807, 2.05) is 30.3 Å². The summed E-state index contributed by atoms with van der Waals surface area (Å²) in [6, 6.07) is 9.23. The third-order valence-corrected chi connectivity index (χ3v) is 16.4. The first-order chi connectivity index (χ1) is 31.4. The Morgan fingerprint density at radius 2 is 1.07 bits per heavy atom. The van der Waals surface area contributed by atoms with Crippen LogP contribution in [0.5, 0.6) is 0 Å². The quantitative estimate of drug-likeness (QED) is 0.0681. The second-order valence-corrected chi connectivity index (χ2v) is 22.0. The van der Waals surface area contributed by atoms with Gasteiger partial charge < -0.3 is 58.5 Å². The summed E-state index contributed by atoms with van der Waals surface area (Å²) in [4.78, 5) is 70.8. The van der Waals surface area contributed by atoms with Crippen LogP contribution < -0.4 is 9.80 Å². The molecular weight excluding hydrogens is 976 g/mol. The predicted molar refractivity (Wildman–Crippen MR) is 227 cm³/mol. The molecule has 0 amide bonds. The molecule has 0 spiro atoms. The van der Waals surface area contributed by atoms with E-state index in [0.29, 0.717) is 40.6 Å². The Balaban J connectivity index is 0.898. The lowest BCUT2D eigenvalue weighted by Gasteiger charge is -2.23. The van der Waals surface area contributed by atoms with E-state index in [4.69, 9.17) is 28.0 Å². The number of imidazole rings is 2. The molecule has 3 saturated heterocycles. The molecule has 4 aromatic heterocycles.